The van der Waals surface area contributed by atoms with Crippen LogP contribution < -0.4 is 22.4 Å². The minimum absolute atomic E-state index is 0.185. The normalized spacial score (nSPS) is 27.3. The SMILES string of the molecule is CNC(=O)c1ccc(Br)cc1SC1OC2CNOC2C(N(N)/C=C(\N)c2nccs2)C1OC. The highest BCUT2D eigenvalue weighted by Crippen LogP contribution is 2.40. The number of aromatic nitrogens is 1. The molecule has 0 saturated carbocycles. The van der Waals surface area contributed by atoms with Crippen LogP contribution in [0.3, 0.4) is 0 Å². The molecule has 178 valence electrons. The molecule has 0 radical (unpaired) electrons. The second-order valence-corrected chi connectivity index (χ2v) is 10.3. The van der Waals surface area contributed by atoms with Crippen LogP contribution in [0, 0.1) is 0 Å². The lowest BCUT2D eigenvalue weighted by Gasteiger charge is -2.45. The van der Waals surface area contributed by atoms with Crippen molar-refractivity contribution < 1.29 is 19.1 Å². The molecule has 4 rings (SSSR count). The van der Waals surface area contributed by atoms with Gasteiger partial charge in [-0.3, -0.25) is 9.63 Å². The maximum absolute atomic E-state index is 12.4. The molecule has 5 unspecified atom stereocenters. The molecular weight excluding hydrogens is 532 g/mol. The summed E-state index contributed by atoms with van der Waals surface area (Å²) >= 11 is 6.31. The number of rotatable bonds is 7. The lowest BCUT2D eigenvalue weighted by atomic mass is 9.97. The minimum Gasteiger partial charge on any atom is -0.395 e. The molecule has 1 aromatic heterocycles. The number of amides is 1. The monoisotopic (exact) mass is 556 g/mol. The van der Waals surface area contributed by atoms with Crippen LogP contribution in [0.1, 0.15) is 15.4 Å². The van der Waals surface area contributed by atoms with Crippen LogP contribution in [0.2, 0.25) is 0 Å². The molecule has 13 heteroatoms. The number of ether oxygens (including phenoxy) is 2. The van der Waals surface area contributed by atoms with Gasteiger partial charge in [0.2, 0.25) is 0 Å². The fourth-order valence-electron chi connectivity index (χ4n) is 3.83. The summed E-state index contributed by atoms with van der Waals surface area (Å²) in [5, 5.41) is 6.70. The number of nitrogens with zero attached hydrogens (tertiary/aromatic N) is 2. The molecule has 2 aliphatic heterocycles. The maximum Gasteiger partial charge on any atom is 0.252 e. The molecule has 10 nitrogen and oxygen atoms in total. The van der Waals surface area contributed by atoms with E-state index in [9.17, 15) is 4.79 Å². The van der Waals surface area contributed by atoms with Crippen molar-refractivity contribution in [2.75, 3.05) is 20.7 Å². The van der Waals surface area contributed by atoms with Gasteiger partial charge >= 0.3 is 0 Å². The molecule has 6 N–H and O–H groups in total. The highest BCUT2D eigenvalue weighted by Gasteiger charge is 2.51. The lowest BCUT2D eigenvalue weighted by Crippen LogP contribution is -2.63. The molecule has 1 amide bonds. The molecule has 2 aliphatic rings. The Morgan fingerprint density at radius 2 is 2.33 bits per heavy atom. The first-order chi connectivity index (χ1) is 15.9. The number of hydrogen-bond donors (Lipinski definition) is 4. The molecule has 33 heavy (non-hydrogen) atoms. The Bertz CT molecular complexity index is 1010. The smallest absolute Gasteiger partial charge is 0.252 e. The van der Waals surface area contributed by atoms with Gasteiger partial charge in [0, 0.05) is 41.3 Å². The number of hydrazine groups is 1. The second-order valence-electron chi connectivity index (χ2n) is 7.37. The number of thioether (sulfide) groups is 1. The van der Waals surface area contributed by atoms with Gasteiger partial charge in [0.15, 0.2) is 0 Å². The summed E-state index contributed by atoms with van der Waals surface area (Å²) in [6.45, 7) is 0.495. The van der Waals surface area contributed by atoms with Gasteiger partial charge in [0.25, 0.3) is 5.91 Å². The molecule has 2 saturated heterocycles. The van der Waals surface area contributed by atoms with Gasteiger partial charge in [-0.25, -0.2) is 10.8 Å². The molecular formula is C20H25BrN6O4S2. The molecule has 3 heterocycles. The fraction of sp³-hybridized carbons (Fsp3) is 0.400. The molecule has 2 fully saturated rings. The van der Waals surface area contributed by atoms with E-state index < -0.39 is 23.7 Å². The van der Waals surface area contributed by atoms with Gasteiger partial charge in [0.05, 0.1) is 17.8 Å². The van der Waals surface area contributed by atoms with Crippen molar-refractivity contribution in [2.45, 2.75) is 34.7 Å². The number of carbonyl (C=O) groups is 1. The number of hydrogen-bond acceptors (Lipinski definition) is 11. The zero-order valence-electron chi connectivity index (χ0n) is 17.9. The number of nitrogens with one attached hydrogen (secondary N) is 2. The topological polar surface area (TPSA) is 137 Å². The minimum atomic E-state index is -0.502. The van der Waals surface area contributed by atoms with Crippen LogP contribution in [0.5, 0.6) is 0 Å². The van der Waals surface area contributed by atoms with Gasteiger partial charge in [-0.05, 0) is 18.2 Å². The number of benzene rings is 1. The number of thiazole rings is 1. The number of halogens is 1. The third-order valence-electron chi connectivity index (χ3n) is 5.36. The van der Waals surface area contributed by atoms with Crippen LogP contribution in [0.4, 0.5) is 0 Å². The lowest BCUT2D eigenvalue weighted by molar-refractivity contribution is -0.172. The van der Waals surface area contributed by atoms with Crippen LogP contribution in [0.25, 0.3) is 5.70 Å². The number of methoxy groups -OCH3 is 1. The van der Waals surface area contributed by atoms with Crippen molar-refractivity contribution in [1.29, 1.82) is 0 Å². The summed E-state index contributed by atoms with van der Waals surface area (Å²) in [7, 11) is 3.20. The molecule has 0 spiro atoms. The highest BCUT2D eigenvalue weighted by atomic mass is 79.9. The molecule has 5 atom stereocenters. The van der Waals surface area contributed by atoms with Gasteiger partial charge in [-0.15, -0.1) is 11.3 Å². The Balaban J connectivity index is 1.64. The average molecular weight is 557 g/mol. The summed E-state index contributed by atoms with van der Waals surface area (Å²) in [5.41, 5.74) is 9.63. The average Bonchev–Trinajstić information content (AvgIpc) is 3.49. The largest absolute Gasteiger partial charge is 0.395 e. The third-order valence-corrected chi connectivity index (χ3v) is 7.88. The summed E-state index contributed by atoms with van der Waals surface area (Å²) in [5.74, 6) is 6.30. The zero-order valence-corrected chi connectivity index (χ0v) is 21.2. The van der Waals surface area contributed by atoms with E-state index in [1.165, 1.54) is 28.1 Å². The van der Waals surface area contributed by atoms with Crippen LogP contribution in [0.15, 0.2) is 45.3 Å². The molecule has 0 aliphatic carbocycles. The van der Waals surface area contributed by atoms with Gasteiger partial charge in [0.1, 0.15) is 34.8 Å². The molecule has 1 aromatic carbocycles. The van der Waals surface area contributed by atoms with E-state index in [0.717, 1.165) is 9.37 Å². The Hall–Kier alpha value is -1.71. The van der Waals surface area contributed by atoms with E-state index in [0.29, 0.717) is 22.8 Å². The maximum atomic E-state index is 12.4. The van der Waals surface area contributed by atoms with Crippen molar-refractivity contribution in [3.8, 4) is 0 Å². The standard InChI is InChI=1S/C20H25BrN6O4S2/c1-24-18(28)11-4-3-10(21)7-14(11)33-20-17(29-2)15(16-13(30-20)8-26-31-16)27(23)9-12(22)19-25-5-6-32-19/h3-7,9,13,15-17,20,26H,8,22-23H2,1-2H3,(H,24,28)/b12-9-. The van der Waals surface area contributed by atoms with Crippen molar-refractivity contribution >= 4 is 50.6 Å². The third kappa shape index (κ3) is 5.20. The van der Waals surface area contributed by atoms with Crippen LogP contribution in [-0.4, -0.2) is 66.4 Å². The number of carbonyl (C=O) groups excluding carboxylic acids is 1. The number of hydroxylamine groups is 1. The first kappa shape index (κ1) is 24.4. The zero-order chi connectivity index (χ0) is 23.5. The van der Waals surface area contributed by atoms with Gasteiger partial charge < -0.3 is 25.5 Å². The van der Waals surface area contributed by atoms with E-state index >= 15 is 0 Å². The first-order valence-electron chi connectivity index (χ1n) is 10.1. The van der Waals surface area contributed by atoms with Crippen LogP contribution >= 0.6 is 39.0 Å². The predicted molar refractivity (Wildman–Crippen MR) is 130 cm³/mol. The highest BCUT2D eigenvalue weighted by molar-refractivity contribution is 9.10. The molecule has 2 aromatic rings. The second kappa shape index (κ2) is 10.7. The summed E-state index contributed by atoms with van der Waals surface area (Å²) in [6, 6.07) is 5.06. The van der Waals surface area contributed by atoms with E-state index in [2.05, 4.69) is 31.7 Å². The van der Waals surface area contributed by atoms with E-state index in [4.69, 9.17) is 25.9 Å². The summed E-state index contributed by atoms with van der Waals surface area (Å²) in [4.78, 5) is 23.2. The van der Waals surface area contributed by atoms with E-state index in [1.54, 1.807) is 32.6 Å². The fourth-order valence-corrected chi connectivity index (χ4v) is 6.24. The Labute approximate surface area is 208 Å². The van der Waals surface area contributed by atoms with E-state index in [-0.39, 0.29) is 12.0 Å². The molecule has 0 bridgehead atoms. The van der Waals surface area contributed by atoms with Crippen LogP contribution in [-0.2, 0) is 14.3 Å². The Morgan fingerprint density at radius 1 is 1.52 bits per heavy atom. The first-order valence-corrected chi connectivity index (χ1v) is 12.6. The summed E-state index contributed by atoms with van der Waals surface area (Å²) in [6.07, 6.45) is 2.16. The van der Waals surface area contributed by atoms with Gasteiger partial charge in [-0.2, -0.15) is 5.48 Å². The van der Waals surface area contributed by atoms with Gasteiger partial charge in [-0.1, -0.05) is 27.7 Å². The Kier molecular flexibility index (Phi) is 7.91. The summed E-state index contributed by atoms with van der Waals surface area (Å²) < 4.78 is 13.1. The van der Waals surface area contributed by atoms with Crippen molar-refractivity contribution in [3.63, 3.8) is 0 Å². The van der Waals surface area contributed by atoms with E-state index in [1.807, 2.05) is 17.5 Å². The number of nitrogens with two attached hydrogens (primary N) is 2. The van der Waals surface area contributed by atoms with Crippen molar-refractivity contribution in [3.05, 3.63) is 51.0 Å². The number of fused-ring (bicyclic) bond motifs is 1. The quantitative estimate of drug-likeness (QED) is 0.293. The van der Waals surface area contributed by atoms with Crippen molar-refractivity contribution in [1.82, 2.24) is 20.8 Å². The predicted octanol–water partition coefficient (Wildman–Crippen LogP) is 1.50. The van der Waals surface area contributed by atoms with Crippen molar-refractivity contribution in [2.24, 2.45) is 11.6 Å². The Morgan fingerprint density at radius 3 is 3.03 bits per heavy atom.